The molecule has 0 spiro atoms. The highest BCUT2D eigenvalue weighted by molar-refractivity contribution is 7.22. The quantitative estimate of drug-likeness (QED) is 0.787. The predicted octanol–water partition coefficient (Wildman–Crippen LogP) is 3.45. The molecule has 3 heteroatoms. The van der Waals surface area contributed by atoms with Crippen LogP contribution in [0.15, 0.2) is 18.2 Å². The van der Waals surface area contributed by atoms with Crippen LogP contribution in [0.25, 0.3) is 10.2 Å². The van der Waals surface area contributed by atoms with Crippen molar-refractivity contribution < 1.29 is 0 Å². The molecular formula is C12H16N2S. The van der Waals surface area contributed by atoms with Crippen LogP contribution in [0.1, 0.15) is 19.4 Å². The second-order valence-electron chi connectivity index (χ2n) is 3.64. The van der Waals surface area contributed by atoms with E-state index in [2.05, 4.69) is 48.9 Å². The summed E-state index contributed by atoms with van der Waals surface area (Å²) in [6, 6.07) is 6.46. The van der Waals surface area contributed by atoms with Gasteiger partial charge in [-0.25, -0.2) is 4.98 Å². The van der Waals surface area contributed by atoms with Crippen molar-refractivity contribution in [2.45, 2.75) is 20.8 Å². The molecule has 2 aromatic rings. The van der Waals surface area contributed by atoms with E-state index in [1.807, 2.05) is 0 Å². The maximum atomic E-state index is 4.66. The molecule has 0 unspecified atom stereocenters. The van der Waals surface area contributed by atoms with Crippen molar-refractivity contribution in [1.29, 1.82) is 0 Å². The summed E-state index contributed by atoms with van der Waals surface area (Å²) >= 11 is 1.78. The van der Waals surface area contributed by atoms with Crippen LogP contribution in [0.5, 0.6) is 0 Å². The summed E-state index contributed by atoms with van der Waals surface area (Å²) in [4.78, 5) is 6.95. The largest absolute Gasteiger partial charge is 0.349 e. The Morgan fingerprint density at radius 1 is 1.27 bits per heavy atom. The Kier molecular flexibility index (Phi) is 2.91. The van der Waals surface area contributed by atoms with E-state index in [1.54, 1.807) is 11.3 Å². The van der Waals surface area contributed by atoms with E-state index >= 15 is 0 Å². The van der Waals surface area contributed by atoms with Crippen molar-refractivity contribution in [3.8, 4) is 0 Å². The third-order valence-electron chi connectivity index (χ3n) is 2.57. The molecule has 0 N–H and O–H groups in total. The van der Waals surface area contributed by atoms with Gasteiger partial charge in [-0.05, 0) is 38.5 Å². The monoisotopic (exact) mass is 220 g/mol. The molecule has 0 aliphatic carbocycles. The molecule has 0 fully saturated rings. The van der Waals surface area contributed by atoms with Crippen LogP contribution in [0.4, 0.5) is 5.13 Å². The Balaban J connectivity index is 2.46. The summed E-state index contributed by atoms with van der Waals surface area (Å²) in [5, 5.41) is 1.14. The van der Waals surface area contributed by atoms with Crippen LogP contribution < -0.4 is 4.90 Å². The van der Waals surface area contributed by atoms with Gasteiger partial charge in [0.15, 0.2) is 5.13 Å². The molecule has 1 aromatic heterocycles. The van der Waals surface area contributed by atoms with Gasteiger partial charge in [-0.3, -0.25) is 0 Å². The van der Waals surface area contributed by atoms with Crippen LogP contribution in [-0.2, 0) is 0 Å². The first-order chi connectivity index (χ1) is 7.24. The SMILES string of the molecule is CCN(CC)c1nc2cc(C)ccc2s1. The van der Waals surface area contributed by atoms with Crippen LogP contribution in [-0.4, -0.2) is 18.1 Å². The summed E-state index contributed by atoms with van der Waals surface area (Å²) < 4.78 is 1.28. The highest BCUT2D eigenvalue weighted by Gasteiger charge is 2.08. The van der Waals surface area contributed by atoms with E-state index in [4.69, 9.17) is 0 Å². The highest BCUT2D eigenvalue weighted by atomic mass is 32.1. The highest BCUT2D eigenvalue weighted by Crippen LogP contribution is 2.28. The Morgan fingerprint density at radius 3 is 2.67 bits per heavy atom. The normalized spacial score (nSPS) is 10.9. The average Bonchev–Trinajstić information content (AvgIpc) is 2.62. The van der Waals surface area contributed by atoms with Gasteiger partial charge in [0, 0.05) is 13.1 Å². The predicted molar refractivity (Wildman–Crippen MR) is 67.9 cm³/mol. The number of aromatic nitrogens is 1. The molecule has 1 heterocycles. The summed E-state index contributed by atoms with van der Waals surface area (Å²) in [7, 11) is 0. The molecule has 0 radical (unpaired) electrons. The summed E-state index contributed by atoms with van der Waals surface area (Å²) in [6.45, 7) is 8.49. The molecule has 15 heavy (non-hydrogen) atoms. The van der Waals surface area contributed by atoms with E-state index in [1.165, 1.54) is 10.3 Å². The van der Waals surface area contributed by atoms with Crippen molar-refractivity contribution in [3.63, 3.8) is 0 Å². The van der Waals surface area contributed by atoms with Crippen LogP contribution in [0, 0.1) is 6.92 Å². The summed E-state index contributed by atoms with van der Waals surface area (Å²) in [6.07, 6.45) is 0. The van der Waals surface area contributed by atoms with Crippen LogP contribution >= 0.6 is 11.3 Å². The van der Waals surface area contributed by atoms with Gasteiger partial charge in [-0.1, -0.05) is 17.4 Å². The minimum atomic E-state index is 1.02. The fraction of sp³-hybridized carbons (Fsp3) is 0.417. The number of aryl methyl sites for hydroxylation is 1. The fourth-order valence-corrected chi connectivity index (χ4v) is 2.73. The van der Waals surface area contributed by atoms with E-state index in [-0.39, 0.29) is 0 Å². The molecule has 0 atom stereocenters. The standard InChI is InChI=1S/C12H16N2S/c1-4-14(5-2)12-13-10-8-9(3)6-7-11(10)15-12/h6-8H,4-5H2,1-3H3. The Labute approximate surface area is 94.6 Å². The van der Waals surface area contributed by atoms with Gasteiger partial charge in [-0.15, -0.1) is 0 Å². The zero-order valence-corrected chi connectivity index (χ0v) is 10.3. The van der Waals surface area contributed by atoms with Crippen molar-refractivity contribution in [3.05, 3.63) is 23.8 Å². The number of benzene rings is 1. The number of thiazole rings is 1. The van der Waals surface area contributed by atoms with E-state index in [9.17, 15) is 0 Å². The van der Waals surface area contributed by atoms with Crippen LogP contribution in [0.3, 0.4) is 0 Å². The molecule has 0 aliphatic heterocycles. The Morgan fingerprint density at radius 2 is 2.00 bits per heavy atom. The van der Waals surface area contributed by atoms with Crippen LogP contribution in [0.2, 0.25) is 0 Å². The molecule has 80 valence electrons. The molecule has 0 amide bonds. The topological polar surface area (TPSA) is 16.1 Å². The lowest BCUT2D eigenvalue weighted by atomic mass is 10.2. The molecule has 0 saturated carbocycles. The van der Waals surface area contributed by atoms with Crippen molar-refractivity contribution >= 4 is 26.7 Å². The first-order valence-electron chi connectivity index (χ1n) is 5.36. The maximum Gasteiger partial charge on any atom is 0.186 e. The molecule has 2 rings (SSSR count). The number of nitrogens with zero attached hydrogens (tertiary/aromatic N) is 2. The van der Waals surface area contributed by atoms with Gasteiger partial charge in [0.1, 0.15) is 0 Å². The van der Waals surface area contributed by atoms with Gasteiger partial charge >= 0.3 is 0 Å². The number of anilines is 1. The molecular weight excluding hydrogens is 204 g/mol. The minimum absolute atomic E-state index is 1.02. The lowest BCUT2D eigenvalue weighted by Gasteiger charge is -2.16. The molecule has 1 aromatic carbocycles. The van der Waals surface area contributed by atoms with E-state index in [0.29, 0.717) is 0 Å². The van der Waals surface area contributed by atoms with Gasteiger partial charge in [0.2, 0.25) is 0 Å². The third-order valence-corrected chi connectivity index (χ3v) is 3.66. The van der Waals surface area contributed by atoms with Gasteiger partial charge < -0.3 is 4.90 Å². The third kappa shape index (κ3) is 1.97. The van der Waals surface area contributed by atoms with E-state index in [0.717, 1.165) is 23.7 Å². The van der Waals surface area contributed by atoms with Gasteiger partial charge in [0.25, 0.3) is 0 Å². The number of fused-ring (bicyclic) bond motifs is 1. The smallest absolute Gasteiger partial charge is 0.186 e. The van der Waals surface area contributed by atoms with Crippen molar-refractivity contribution in [2.75, 3.05) is 18.0 Å². The Bertz CT molecular complexity index is 458. The number of rotatable bonds is 3. The van der Waals surface area contributed by atoms with Crippen molar-refractivity contribution in [2.24, 2.45) is 0 Å². The molecule has 0 bridgehead atoms. The van der Waals surface area contributed by atoms with Crippen molar-refractivity contribution in [1.82, 2.24) is 4.98 Å². The second kappa shape index (κ2) is 4.19. The zero-order chi connectivity index (χ0) is 10.8. The zero-order valence-electron chi connectivity index (χ0n) is 9.45. The number of hydrogen-bond acceptors (Lipinski definition) is 3. The van der Waals surface area contributed by atoms with E-state index < -0.39 is 0 Å². The first kappa shape index (κ1) is 10.4. The molecule has 0 aliphatic rings. The number of hydrogen-bond donors (Lipinski definition) is 0. The fourth-order valence-electron chi connectivity index (χ4n) is 1.65. The minimum Gasteiger partial charge on any atom is -0.349 e. The molecule has 0 saturated heterocycles. The molecule has 2 nitrogen and oxygen atoms in total. The van der Waals surface area contributed by atoms with Gasteiger partial charge in [0.05, 0.1) is 10.2 Å². The summed E-state index contributed by atoms with van der Waals surface area (Å²) in [5.74, 6) is 0. The summed E-state index contributed by atoms with van der Waals surface area (Å²) in [5.41, 5.74) is 2.40. The Hall–Kier alpha value is -1.09. The first-order valence-corrected chi connectivity index (χ1v) is 6.18. The average molecular weight is 220 g/mol. The second-order valence-corrected chi connectivity index (χ2v) is 4.65. The lowest BCUT2D eigenvalue weighted by Crippen LogP contribution is -2.21. The maximum absolute atomic E-state index is 4.66. The lowest BCUT2D eigenvalue weighted by molar-refractivity contribution is 0.862. The van der Waals surface area contributed by atoms with Gasteiger partial charge in [-0.2, -0.15) is 0 Å².